The molecule has 13 aromatic carbocycles. The number of hydrogen-bond acceptors (Lipinski definition) is 5. The van der Waals surface area contributed by atoms with Crippen LogP contribution in [0.25, 0.3) is 93.5 Å². The van der Waals surface area contributed by atoms with Crippen LogP contribution in [0.5, 0.6) is 0 Å². The van der Waals surface area contributed by atoms with Gasteiger partial charge in [0.05, 0.1) is 38.6 Å². The molecule has 0 aliphatic carbocycles. The first-order valence-electron chi connectivity index (χ1n) is 29.8. The molecule has 88 heavy (non-hydrogen) atoms. The summed E-state index contributed by atoms with van der Waals surface area (Å²) in [6.45, 7) is 0. The van der Waals surface area contributed by atoms with E-state index in [1.54, 1.807) is 0 Å². The predicted molar refractivity (Wildman–Crippen MR) is 367 cm³/mol. The molecule has 8 heteroatoms. The number of hydrogen-bond donors (Lipinski definition) is 0. The largest absolute Gasteiger partial charge is 0.310 e. The summed E-state index contributed by atoms with van der Waals surface area (Å²) in [6.07, 6.45) is 0. The van der Waals surface area contributed by atoms with Gasteiger partial charge < -0.3 is 18.9 Å². The van der Waals surface area contributed by atoms with E-state index in [1.807, 2.05) is 0 Å². The maximum absolute atomic E-state index is 5.98. The summed E-state index contributed by atoms with van der Waals surface area (Å²) in [6, 6.07) is 117. The highest BCUT2D eigenvalue weighted by atomic mass is 15.3. The van der Waals surface area contributed by atoms with Gasteiger partial charge in [0.25, 0.3) is 0 Å². The Labute approximate surface area is 508 Å². The molecule has 0 radical (unpaired) electrons. The molecule has 0 atom stereocenters. The van der Waals surface area contributed by atoms with Crippen molar-refractivity contribution >= 4 is 128 Å². The first-order chi connectivity index (χ1) is 43.7. The van der Waals surface area contributed by atoms with Crippen LogP contribution in [0.4, 0.5) is 51.4 Å². The number of benzene rings is 13. The zero-order chi connectivity index (χ0) is 58.1. The second kappa shape index (κ2) is 21.0. The summed E-state index contributed by atoms with van der Waals surface area (Å²) in [7, 11) is 0. The highest BCUT2D eigenvalue weighted by Gasteiger charge is 2.26. The number of nitrogens with zero attached hydrogens (tertiary/aromatic N) is 8. The lowest BCUT2D eigenvalue weighted by Crippen LogP contribution is -2.15. The third-order valence-corrected chi connectivity index (χ3v) is 17.1. The zero-order valence-electron chi connectivity index (χ0n) is 47.8. The molecule has 0 spiro atoms. The van der Waals surface area contributed by atoms with Gasteiger partial charge in [-0.05, 0) is 152 Å². The van der Waals surface area contributed by atoms with Gasteiger partial charge in [0, 0.05) is 94.6 Å². The third kappa shape index (κ3) is 8.37. The fourth-order valence-corrected chi connectivity index (χ4v) is 13.3. The summed E-state index contributed by atoms with van der Waals surface area (Å²) in [4.78, 5) is 18.6. The van der Waals surface area contributed by atoms with Gasteiger partial charge in [0.15, 0.2) is 5.82 Å². The molecule has 4 heterocycles. The number of para-hydroxylation sites is 9. The maximum Gasteiger partial charge on any atom is 0.237 e. The predicted octanol–water partition coefficient (Wildman–Crippen LogP) is 21.3. The average molecular weight is 1130 g/mol. The van der Waals surface area contributed by atoms with Gasteiger partial charge in [0.2, 0.25) is 5.95 Å². The molecule has 17 aromatic rings. The van der Waals surface area contributed by atoms with Gasteiger partial charge in [-0.15, -0.1) is 0 Å². The SMILES string of the molecule is c1ccc(N(c2ccccc2)c2ccc3c4ccccc4n(-c4ccc5nc(N(c6ccccc6)c6ccc7c(c6)c6ccccc6n7-c6ccccc6)nc(-n6c7ccccc7c7ccc(N(c8ccccc8)c8ccccc8)cc76)c5c4)c3c2)cc1. The molecule has 0 saturated heterocycles. The smallest absolute Gasteiger partial charge is 0.237 e. The van der Waals surface area contributed by atoms with Crippen molar-refractivity contribution in [2.75, 3.05) is 14.7 Å². The minimum Gasteiger partial charge on any atom is -0.310 e. The van der Waals surface area contributed by atoms with E-state index in [9.17, 15) is 0 Å². The summed E-state index contributed by atoms with van der Waals surface area (Å²) in [5.74, 6) is 1.29. The van der Waals surface area contributed by atoms with Gasteiger partial charge in [-0.25, -0.2) is 4.98 Å². The van der Waals surface area contributed by atoms with E-state index < -0.39 is 0 Å². The van der Waals surface area contributed by atoms with Crippen molar-refractivity contribution in [2.45, 2.75) is 0 Å². The van der Waals surface area contributed by atoms with E-state index in [4.69, 9.17) is 9.97 Å². The lowest BCUT2D eigenvalue weighted by molar-refractivity contribution is 1.03. The molecule has 4 aromatic heterocycles. The topological polar surface area (TPSA) is 50.3 Å². The molecule has 0 bridgehead atoms. The van der Waals surface area contributed by atoms with Crippen molar-refractivity contribution in [3.8, 4) is 17.2 Å². The Morgan fingerprint density at radius 3 is 1.07 bits per heavy atom. The van der Waals surface area contributed by atoms with Crippen LogP contribution in [0.15, 0.2) is 328 Å². The molecule has 0 N–H and O–H groups in total. The van der Waals surface area contributed by atoms with Crippen molar-refractivity contribution in [2.24, 2.45) is 0 Å². The molecule has 0 amide bonds. The van der Waals surface area contributed by atoms with E-state index in [0.29, 0.717) is 5.95 Å². The number of fused-ring (bicyclic) bond motifs is 10. The van der Waals surface area contributed by atoms with E-state index in [1.165, 1.54) is 5.39 Å². The quantitative estimate of drug-likeness (QED) is 0.122. The Morgan fingerprint density at radius 2 is 0.568 bits per heavy atom. The molecule has 0 aliphatic heterocycles. The summed E-state index contributed by atoms with van der Waals surface area (Å²) >= 11 is 0. The lowest BCUT2D eigenvalue weighted by Gasteiger charge is -2.26. The van der Waals surface area contributed by atoms with Gasteiger partial charge in [-0.3, -0.25) is 9.47 Å². The van der Waals surface area contributed by atoms with Crippen LogP contribution in [0.2, 0.25) is 0 Å². The Morgan fingerprint density at radius 1 is 0.205 bits per heavy atom. The van der Waals surface area contributed by atoms with Crippen LogP contribution >= 0.6 is 0 Å². The highest BCUT2D eigenvalue weighted by Crippen LogP contribution is 2.45. The van der Waals surface area contributed by atoms with E-state index >= 15 is 0 Å². The molecular formula is C80H54N8. The first-order valence-corrected chi connectivity index (χ1v) is 29.8. The average Bonchev–Trinajstić information content (AvgIpc) is 1.75. The molecular weight excluding hydrogens is 1070 g/mol. The van der Waals surface area contributed by atoms with Gasteiger partial charge in [-0.1, -0.05) is 176 Å². The maximum atomic E-state index is 5.98. The van der Waals surface area contributed by atoms with Crippen molar-refractivity contribution in [3.63, 3.8) is 0 Å². The Hall–Kier alpha value is -12.0. The third-order valence-electron chi connectivity index (χ3n) is 17.1. The van der Waals surface area contributed by atoms with Crippen LogP contribution < -0.4 is 14.7 Å². The first kappa shape index (κ1) is 50.5. The van der Waals surface area contributed by atoms with Gasteiger partial charge in [0.1, 0.15) is 0 Å². The summed E-state index contributed by atoms with van der Waals surface area (Å²) in [5, 5.41) is 7.74. The fourth-order valence-electron chi connectivity index (χ4n) is 13.3. The van der Waals surface area contributed by atoms with E-state index in [2.05, 4.69) is 356 Å². The molecule has 17 rings (SSSR count). The summed E-state index contributed by atoms with van der Waals surface area (Å²) < 4.78 is 7.15. The number of anilines is 9. The van der Waals surface area contributed by atoms with Crippen LogP contribution in [0, 0.1) is 0 Å². The molecule has 8 nitrogen and oxygen atoms in total. The van der Waals surface area contributed by atoms with Crippen LogP contribution in [0.1, 0.15) is 0 Å². The monoisotopic (exact) mass is 1130 g/mol. The van der Waals surface area contributed by atoms with Crippen molar-refractivity contribution < 1.29 is 0 Å². The normalized spacial score (nSPS) is 11.6. The number of rotatable bonds is 12. The molecule has 0 saturated carbocycles. The lowest BCUT2D eigenvalue weighted by atomic mass is 10.1. The molecule has 0 aliphatic rings. The van der Waals surface area contributed by atoms with Gasteiger partial charge in [-0.2, -0.15) is 4.98 Å². The van der Waals surface area contributed by atoms with E-state index in [-0.39, 0.29) is 0 Å². The fraction of sp³-hybridized carbons (Fsp3) is 0. The Balaban J connectivity index is 0.942. The zero-order valence-corrected chi connectivity index (χ0v) is 47.8. The van der Waals surface area contributed by atoms with Crippen LogP contribution in [-0.4, -0.2) is 23.7 Å². The standard InChI is InChI=1S/C80H54N8/c1-7-25-55(26-8-1)83(56-27-9-2-10-28-56)63-43-47-68-65-37-19-22-40-73(65)87(77(68)53-63)62-45-49-72-71(52-62)79(88-75-42-24-20-38-66(75)69-48-44-64(54-78(69)88)84(57-29-11-3-12-30-57)58-31-13-4-14-32-58)82-80(81-72)85(59-33-15-5-16-34-59)61-46-50-76-70(51-61)67-39-21-23-41-74(67)86(76)60-35-17-6-18-36-60/h1-54H. The van der Waals surface area contributed by atoms with E-state index in [0.717, 1.165) is 134 Å². The molecule has 0 unspecified atom stereocenters. The molecule has 0 fully saturated rings. The Kier molecular flexibility index (Phi) is 12.0. The second-order valence-electron chi connectivity index (χ2n) is 22.2. The van der Waals surface area contributed by atoms with Crippen molar-refractivity contribution in [3.05, 3.63) is 328 Å². The number of aromatic nitrogens is 5. The Bertz CT molecular complexity index is 5370. The molecule has 414 valence electrons. The minimum atomic E-state index is 0.535. The highest BCUT2D eigenvalue weighted by molar-refractivity contribution is 6.14. The van der Waals surface area contributed by atoms with Crippen LogP contribution in [0.3, 0.4) is 0 Å². The van der Waals surface area contributed by atoms with Crippen molar-refractivity contribution in [1.29, 1.82) is 0 Å². The van der Waals surface area contributed by atoms with Crippen LogP contribution in [-0.2, 0) is 0 Å². The summed E-state index contributed by atoms with van der Waals surface area (Å²) in [5.41, 5.74) is 17.6. The second-order valence-corrected chi connectivity index (χ2v) is 22.2. The minimum absolute atomic E-state index is 0.535. The van der Waals surface area contributed by atoms with Gasteiger partial charge >= 0.3 is 0 Å². The van der Waals surface area contributed by atoms with Crippen molar-refractivity contribution in [1.82, 2.24) is 23.7 Å².